The number of H-pyrrole nitrogens is 1. The number of amides is 1. The minimum absolute atomic E-state index is 0.00521. The maximum absolute atomic E-state index is 14.0. The van der Waals surface area contributed by atoms with Crippen molar-refractivity contribution in [3.05, 3.63) is 77.9 Å². The Kier molecular flexibility index (Phi) is 4.83. The number of hydrogen-bond acceptors (Lipinski definition) is 4. The summed E-state index contributed by atoms with van der Waals surface area (Å²) < 4.78 is 50.8. The Balaban J connectivity index is 1.63. The third-order valence-electron chi connectivity index (χ3n) is 4.45. The van der Waals surface area contributed by atoms with E-state index in [-0.39, 0.29) is 21.8 Å². The van der Waals surface area contributed by atoms with E-state index in [0.29, 0.717) is 16.7 Å². The number of benzene rings is 3. The number of fused-ring (bicyclic) bond motifs is 1. The van der Waals surface area contributed by atoms with Gasteiger partial charge >= 0.3 is 0 Å². The van der Waals surface area contributed by atoms with Crippen LogP contribution < -0.4 is 5.32 Å². The van der Waals surface area contributed by atoms with Gasteiger partial charge in [-0.2, -0.15) is 0 Å². The average Bonchev–Trinajstić information content (AvgIpc) is 3.12. The predicted molar refractivity (Wildman–Crippen MR) is 109 cm³/mol. The first kappa shape index (κ1) is 19.7. The molecule has 6 nitrogen and oxygen atoms in total. The summed E-state index contributed by atoms with van der Waals surface area (Å²) >= 11 is 0. The number of hydrogen-bond donors (Lipinski definition) is 2. The van der Waals surface area contributed by atoms with Crippen LogP contribution in [0.4, 0.5) is 14.5 Å². The molecule has 0 saturated heterocycles. The van der Waals surface area contributed by atoms with Gasteiger partial charge in [0.2, 0.25) is 0 Å². The summed E-state index contributed by atoms with van der Waals surface area (Å²) in [5.41, 5.74) is 1.62. The van der Waals surface area contributed by atoms with E-state index in [0.717, 1.165) is 24.5 Å². The molecule has 4 rings (SSSR count). The number of aromatic amines is 1. The highest BCUT2D eigenvalue weighted by Crippen LogP contribution is 2.26. The molecule has 4 aromatic rings. The highest BCUT2D eigenvalue weighted by molar-refractivity contribution is 7.90. The van der Waals surface area contributed by atoms with Crippen molar-refractivity contribution in [1.82, 2.24) is 9.97 Å². The molecule has 152 valence electrons. The first-order chi connectivity index (χ1) is 14.2. The Morgan fingerprint density at radius 3 is 2.60 bits per heavy atom. The second kappa shape index (κ2) is 7.34. The Bertz CT molecular complexity index is 1400. The van der Waals surface area contributed by atoms with Crippen LogP contribution in [0, 0.1) is 11.6 Å². The number of nitrogens with one attached hydrogen (secondary N) is 2. The van der Waals surface area contributed by atoms with Crippen LogP contribution >= 0.6 is 0 Å². The molecular formula is C21H15F2N3O3S. The SMILES string of the molecule is CS(=O)(=O)c1cccc(C(=O)Nc2ccc3nc(-c4cc(F)ccc4F)[nH]c3c2)c1. The van der Waals surface area contributed by atoms with Crippen molar-refractivity contribution in [2.45, 2.75) is 4.90 Å². The summed E-state index contributed by atoms with van der Waals surface area (Å²) in [7, 11) is -3.44. The van der Waals surface area contributed by atoms with Crippen molar-refractivity contribution in [3.8, 4) is 11.4 Å². The van der Waals surface area contributed by atoms with Gasteiger partial charge in [-0.1, -0.05) is 6.07 Å². The van der Waals surface area contributed by atoms with Gasteiger partial charge in [0.1, 0.15) is 17.5 Å². The smallest absolute Gasteiger partial charge is 0.255 e. The van der Waals surface area contributed by atoms with Crippen molar-refractivity contribution >= 4 is 32.5 Å². The van der Waals surface area contributed by atoms with Gasteiger partial charge in [0.25, 0.3) is 5.91 Å². The van der Waals surface area contributed by atoms with E-state index in [9.17, 15) is 22.0 Å². The summed E-state index contributed by atoms with van der Waals surface area (Å²) in [6.07, 6.45) is 1.06. The van der Waals surface area contributed by atoms with Gasteiger partial charge in [-0.25, -0.2) is 22.2 Å². The summed E-state index contributed by atoms with van der Waals surface area (Å²) in [5.74, 6) is -1.53. The quantitative estimate of drug-likeness (QED) is 0.512. The largest absolute Gasteiger partial charge is 0.338 e. The molecule has 0 aliphatic heterocycles. The molecule has 1 amide bonds. The lowest BCUT2D eigenvalue weighted by molar-refractivity contribution is 0.102. The monoisotopic (exact) mass is 427 g/mol. The molecule has 1 aromatic heterocycles. The maximum atomic E-state index is 14.0. The zero-order chi connectivity index (χ0) is 21.5. The van der Waals surface area contributed by atoms with E-state index >= 15 is 0 Å². The molecule has 0 aliphatic carbocycles. The number of carbonyl (C=O) groups is 1. The summed E-state index contributed by atoms with van der Waals surface area (Å²) in [6.45, 7) is 0. The minimum atomic E-state index is -3.44. The number of rotatable bonds is 4. The topological polar surface area (TPSA) is 91.9 Å². The minimum Gasteiger partial charge on any atom is -0.338 e. The van der Waals surface area contributed by atoms with Gasteiger partial charge < -0.3 is 10.3 Å². The van der Waals surface area contributed by atoms with Crippen LogP contribution in [0.15, 0.2) is 65.6 Å². The number of nitrogens with zero attached hydrogens (tertiary/aromatic N) is 1. The van der Waals surface area contributed by atoms with Crippen molar-refractivity contribution < 1.29 is 22.0 Å². The Morgan fingerprint density at radius 1 is 1.03 bits per heavy atom. The van der Waals surface area contributed by atoms with Crippen molar-refractivity contribution in [1.29, 1.82) is 0 Å². The number of aromatic nitrogens is 2. The van der Waals surface area contributed by atoms with Gasteiger partial charge in [-0.3, -0.25) is 4.79 Å². The second-order valence-corrected chi connectivity index (χ2v) is 8.71. The van der Waals surface area contributed by atoms with E-state index < -0.39 is 27.4 Å². The van der Waals surface area contributed by atoms with Crippen LogP contribution in [0.25, 0.3) is 22.4 Å². The van der Waals surface area contributed by atoms with Gasteiger partial charge in [0, 0.05) is 17.5 Å². The number of carbonyl (C=O) groups excluding carboxylic acids is 1. The van der Waals surface area contributed by atoms with Crippen LogP contribution in [-0.2, 0) is 9.84 Å². The lowest BCUT2D eigenvalue weighted by Crippen LogP contribution is -2.12. The summed E-state index contributed by atoms with van der Waals surface area (Å²) in [4.78, 5) is 19.7. The summed E-state index contributed by atoms with van der Waals surface area (Å²) in [5, 5.41) is 2.68. The normalized spacial score (nSPS) is 11.6. The lowest BCUT2D eigenvalue weighted by atomic mass is 10.2. The molecule has 0 bridgehead atoms. The molecule has 0 aliphatic rings. The first-order valence-corrected chi connectivity index (χ1v) is 10.7. The van der Waals surface area contributed by atoms with Gasteiger partial charge in [0.15, 0.2) is 9.84 Å². The van der Waals surface area contributed by atoms with Crippen molar-refractivity contribution in [2.24, 2.45) is 0 Å². The molecule has 9 heteroatoms. The third kappa shape index (κ3) is 3.92. The Labute approximate surface area is 170 Å². The van der Waals surface area contributed by atoms with E-state index in [1.54, 1.807) is 18.2 Å². The van der Waals surface area contributed by atoms with E-state index in [4.69, 9.17) is 0 Å². The third-order valence-corrected chi connectivity index (χ3v) is 5.56. The molecular weight excluding hydrogens is 412 g/mol. The molecule has 1 heterocycles. The number of imidazole rings is 1. The second-order valence-electron chi connectivity index (χ2n) is 6.70. The lowest BCUT2D eigenvalue weighted by Gasteiger charge is -2.06. The van der Waals surface area contributed by atoms with Crippen molar-refractivity contribution in [2.75, 3.05) is 11.6 Å². The number of sulfone groups is 1. The standard InChI is InChI=1S/C21H15F2N3O3S/c1-30(28,29)15-4-2-3-12(9-15)21(27)24-14-6-8-18-19(11-14)26-20(25-18)16-10-13(22)5-7-17(16)23/h2-11H,1H3,(H,24,27)(H,25,26). The van der Waals surface area contributed by atoms with Gasteiger partial charge in [-0.15, -0.1) is 0 Å². The molecule has 0 radical (unpaired) electrons. The van der Waals surface area contributed by atoms with Crippen LogP contribution in [0.2, 0.25) is 0 Å². The molecule has 30 heavy (non-hydrogen) atoms. The fourth-order valence-corrected chi connectivity index (χ4v) is 3.63. The Hall–Kier alpha value is -3.59. The molecule has 2 N–H and O–H groups in total. The molecule has 0 unspecified atom stereocenters. The van der Waals surface area contributed by atoms with Crippen molar-refractivity contribution in [3.63, 3.8) is 0 Å². The van der Waals surface area contributed by atoms with Gasteiger partial charge in [-0.05, 0) is 54.6 Å². The van der Waals surface area contributed by atoms with Crippen LogP contribution in [0.5, 0.6) is 0 Å². The molecule has 0 atom stereocenters. The highest BCUT2D eigenvalue weighted by atomic mass is 32.2. The van der Waals surface area contributed by atoms with Crippen LogP contribution in [-0.4, -0.2) is 30.5 Å². The maximum Gasteiger partial charge on any atom is 0.255 e. The van der Waals surface area contributed by atoms with E-state index in [1.165, 1.54) is 24.3 Å². The van der Waals surface area contributed by atoms with E-state index in [1.807, 2.05) is 0 Å². The zero-order valence-electron chi connectivity index (χ0n) is 15.6. The highest BCUT2D eigenvalue weighted by Gasteiger charge is 2.14. The molecule has 3 aromatic carbocycles. The zero-order valence-corrected chi connectivity index (χ0v) is 16.4. The molecule has 0 spiro atoms. The fraction of sp³-hybridized carbons (Fsp3) is 0.0476. The van der Waals surface area contributed by atoms with E-state index in [2.05, 4.69) is 15.3 Å². The fourth-order valence-electron chi connectivity index (χ4n) is 2.97. The van der Waals surface area contributed by atoms with Crippen LogP contribution in [0.1, 0.15) is 10.4 Å². The number of anilines is 1. The average molecular weight is 427 g/mol. The predicted octanol–water partition coefficient (Wildman–Crippen LogP) is 4.16. The van der Waals surface area contributed by atoms with Crippen LogP contribution in [0.3, 0.4) is 0 Å². The number of halogens is 2. The van der Waals surface area contributed by atoms with Gasteiger partial charge in [0.05, 0.1) is 21.5 Å². The molecule has 0 fully saturated rings. The summed E-state index contributed by atoms with van der Waals surface area (Å²) in [6, 6.07) is 13.6. The molecule has 0 saturated carbocycles. The Morgan fingerprint density at radius 2 is 1.83 bits per heavy atom. The first-order valence-electron chi connectivity index (χ1n) is 8.77.